The number of halogens is 1. The first kappa shape index (κ1) is 22.8. The standard InChI is InChI=1S/C27H23ClN4O3S/c1-33-18-9-4-15(5-10-18)24-22-23(29-26-30-27(36-3)31-32(24)26)20-14-17(28)8-13-21(20)35-25(22)16-6-11-19(34-2)12-7-16/h4-14,24-25H,1-3H3,(H,29,30,31)/t24-,25-/m1/s1. The number of aromatic nitrogens is 3. The molecule has 0 fully saturated rings. The molecule has 3 heterocycles. The number of rotatable bonds is 5. The van der Waals surface area contributed by atoms with Crippen LogP contribution in [0.15, 0.2) is 77.5 Å². The van der Waals surface area contributed by atoms with Crippen LogP contribution in [0, 0.1) is 0 Å². The third kappa shape index (κ3) is 3.77. The maximum Gasteiger partial charge on any atom is 0.227 e. The topological polar surface area (TPSA) is 70.4 Å². The molecule has 0 radical (unpaired) electrons. The van der Waals surface area contributed by atoms with Gasteiger partial charge in [-0.25, -0.2) is 4.68 Å². The van der Waals surface area contributed by atoms with Gasteiger partial charge in [0.05, 0.1) is 19.9 Å². The lowest BCUT2D eigenvalue weighted by molar-refractivity contribution is 0.222. The van der Waals surface area contributed by atoms with E-state index >= 15 is 0 Å². The summed E-state index contributed by atoms with van der Waals surface area (Å²) in [5, 5.41) is 9.69. The summed E-state index contributed by atoms with van der Waals surface area (Å²) >= 11 is 7.94. The molecule has 36 heavy (non-hydrogen) atoms. The third-order valence-corrected chi connectivity index (χ3v) is 7.22. The van der Waals surface area contributed by atoms with Crippen LogP contribution < -0.4 is 19.5 Å². The molecule has 0 amide bonds. The van der Waals surface area contributed by atoms with Crippen LogP contribution >= 0.6 is 23.4 Å². The molecule has 3 aromatic carbocycles. The highest BCUT2D eigenvalue weighted by molar-refractivity contribution is 7.98. The van der Waals surface area contributed by atoms with Crippen LogP contribution in [0.4, 0.5) is 5.95 Å². The maximum absolute atomic E-state index is 6.67. The second-order valence-corrected chi connectivity index (χ2v) is 9.62. The molecule has 7 nitrogen and oxygen atoms in total. The van der Waals surface area contributed by atoms with Crippen LogP contribution in [-0.2, 0) is 0 Å². The summed E-state index contributed by atoms with van der Waals surface area (Å²) in [7, 11) is 3.32. The highest BCUT2D eigenvalue weighted by Gasteiger charge is 2.41. The van der Waals surface area contributed by atoms with Crippen molar-refractivity contribution in [2.24, 2.45) is 0 Å². The molecule has 4 aromatic rings. The van der Waals surface area contributed by atoms with Gasteiger partial charge >= 0.3 is 0 Å². The van der Waals surface area contributed by atoms with Crippen molar-refractivity contribution in [2.75, 3.05) is 25.8 Å². The molecular formula is C27H23ClN4O3S. The fourth-order valence-corrected chi connectivity index (χ4v) is 5.25. The van der Waals surface area contributed by atoms with Gasteiger partial charge in [0.1, 0.15) is 29.4 Å². The second-order valence-electron chi connectivity index (χ2n) is 8.41. The molecule has 2 aliphatic heterocycles. The van der Waals surface area contributed by atoms with E-state index in [4.69, 9.17) is 35.9 Å². The Balaban J connectivity index is 1.60. The van der Waals surface area contributed by atoms with E-state index in [9.17, 15) is 0 Å². The van der Waals surface area contributed by atoms with Crippen molar-refractivity contribution in [1.82, 2.24) is 14.8 Å². The molecule has 1 N–H and O–H groups in total. The minimum absolute atomic E-state index is 0.269. The van der Waals surface area contributed by atoms with E-state index in [1.54, 1.807) is 14.2 Å². The average molecular weight is 519 g/mol. The summed E-state index contributed by atoms with van der Waals surface area (Å²) in [6.45, 7) is 0. The largest absolute Gasteiger partial charge is 0.497 e. The van der Waals surface area contributed by atoms with E-state index < -0.39 is 0 Å². The molecule has 6 rings (SSSR count). The van der Waals surface area contributed by atoms with Crippen molar-refractivity contribution in [3.05, 3.63) is 94.0 Å². The number of hydrogen-bond acceptors (Lipinski definition) is 7. The minimum atomic E-state index is -0.380. The van der Waals surface area contributed by atoms with Gasteiger partial charge in [0, 0.05) is 16.2 Å². The van der Waals surface area contributed by atoms with Crippen LogP contribution in [0.5, 0.6) is 17.2 Å². The first-order chi connectivity index (χ1) is 17.6. The van der Waals surface area contributed by atoms with E-state index in [1.165, 1.54) is 11.8 Å². The van der Waals surface area contributed by atoms with Gasteiger partial charge in [0.25, 0.3) is 0 Å². The summed E-state index contributed by atoms with van der Waals surface area (Å²) in [4.78, 5) is 4.74. The van der Waals surface area contributed by atoms with Crippen LogP contribution in [0.1, 0.15) is 28.8 Å². The average Bonchev–Trinajstić information content (AvgIpc) is 3.35. The minimum Gasteiger partial charge on any atom is -0.497 e. The molecule has 0 bridgehead atoms. The molecule has 1 aromatic heterocycles. The molecule has 0 unspecified atom stereocenters. The van der Waals surface area contributed by atoms with Crippen LogP contribution in [-0.4, -0.2) is 35.2 Å². The zero-order valence-electron chi connectivity index (χ0n) is 19.9. The van der Waals surface area contributed by atoms with Crippen LogP contribution in [0.2, 0.25) is 5.02 Å². The maximum atomic E-state index is 6.67. The lowest BCUT2D eigenvalue weighted by Crippen LogP contribution is -2.32. The van der Waals surface area contributed by atoms with Crippen molar-refractivity contribution in [1.29, 1.82) is 0 Å². The van der Waals surface area contributed by atoms with E-state index in [0.717, 1.165) is 45.2 Å². The number of nitrogens with zero attached hydrogens (tertiary/aromatic N) is 3. The molecular weight excluding hydrogens is 496 g/mol. The number of methoxy groups -OCH3 is 2. The quantitative estimate of drug-likeness (QED) is 0.314. The van der Waals surface area contributed by atoms with Crippen molar-refractivity contribution in [3.8, 4) is 17.2 Å². The van der Waals surface area contributed by atoms with Gasteiger partial charge in [0.2, 0.25) is 11.1 Å². The monoisotopic (exact) mass is 518 g/mol. The summed E-state index contributed by atoms with van der Waals surface area (Å²) in [6.07, 6.45) is 1.59. The third-order valence-electron chi connectivity index (χ3n) is 6.45. The Kier molecular flexibility index (Phi) is 5.78. The van der Waals surface area contributed by atoms with Gasteiger partial charge in [-0.15, -0.1) is 5.10 Å². The van der Waals surface area contributed by atoms with E-state index in [1.807, 2.05) is 65.5 Å². The summed E-state index contributed by atoms with van der Waals surface area (Å²) in [6, 6.07) is 21.4. The molecule has 2 atom stereocenters. The fourth-order valence-electron chi connectivity index (χ4n) is 4.73. The highest BCUT2D eigenvalue weighted by Crippen LogP contribution is 2.51. The predicted molar refractivity (Wildman–Crippen MR) is 141 cm³/mol. The molecule has 2 aliphatic rings. The predicted octanol–water partition coefficient (Wildman–Crippen LogP) is 6.23. The number of nitrogens with one attached hydrogen (secondary N) is 1. The Morgan fingerprint density at radius 1 is 0.944 bits per heavy atom. The molecule has 182 valence electrons. The number of benzene rings is 3. The van der Waals surface area contributed by atoms with Gasteiger partial charge in [0.15, 0.2) is 0 Å². The molecule has 0 spiro atoms. The zero-order chi connectivity index (χ0) is 24.8. The fraction of sp³-hybridized carbons (Fsp3) is 0.185. The second kappa shape index (κ2) is 9.11. The van der Waals surface area contributed by atoms with Gasteiger partial charge in [-0.1, -0.05) is 47.6 Å². The molecule has 0 saturated heterocycles. The normalized spacial score (nSPS) is 17.9. The van der Waals surface area contributed by atoms with E-state index in [0.29, 0.717) is 16.1 Å². The molecule has 0 saturated carbocycles. The SMILES string of the molecule is COc1ccc([C@H]2Oc3ccc(Cl)cc3C3=C2[C@@H](c2ccc(OC)cc2)n2nc(SC)nc2N3)cc1. The number of fused-ring (bicyclic) bond motifs is 3. The van der Waals surface area contributed by atoms with Crippen molar-refractivity contribution in [2.45, 2.75) is 17.3 Å². The summed E-state index contributed by atoms with van der Waals surface area (Å²) in [5.74, 6) is 2.99. The Labute approximate surface area is 218 Å². The first-order valence-corrected chi connectivity index (χ1v) is 13.0. The number of ether oxygens (including phenoxy) is 3. The Hall–Kier alpha value is -3.62. The summed E-state index contributed by atoms with van der Waals surface area (Å²) in [5.41, 5.74) is 4.87. The number of anilines is 1. The molecule has 0 aliphatic carbocycles. The van der Waals surface area contributed by atoms with Crippen molar-refractivity contribution in [3.63, 3.8) is 0 Å². The highest BCUT2D eigenvalue weighted by atomic mass is 35.5. The Bertz CT molecular complexity index is 1470. The zero-order valence-corrected chi connectivity index (χ0v) is 21.4. The summed E-state index contributed by atoms with van der Waals surface area (Å²) < 4.78 is 19.4. The Morgan fingerprint density at radius 3 is 2.25 bits per heavy atom. The molecule has 9 heteroatoms. The Morgan fingerprint density at radius 2 is 1.61 bits per heavy atom. The van der Waals surface area contributed by atoms with Crippen molar-refractivity contribution >= 4 is 35.0 Å². The number of thioether (sulfide) groups is 1. The lowest BCUT2D eigenvalue weighted by Gasteiger charge is -2.39. The smallest absolute Gasteiger partial charge is 0.227 e. The van der Waals surface area contributed by atoms with Gasteiger partial charge in [-0.2, -0.15) is 4.98 Å². The van der Waals surface area contributed by atoms with Crippen LogP contribution in [0.3, 0.4) is 0 Å². The number of hydrogen-bond donors (Lipinski definition) is 1. The van der Waals surface area contributed by atoms with Gasteiger partial charge in [-0.05, 0) is 59.8 Å². The van der Waals surface area contributed by atoms with Crippen LogP contribution in [0.25, 0.3) is 5.70 Å². The first-order valence-electron chi connectivity index (χ1n) is 11.4. The van der Waals surface area contributed by atoms with Gasteiger partial charge in [-0.3, -0.25) is 0 Å². The van der Waals surface area contributed by atoms with E-state index in [-0.39, 0.29) is 12.1 Å². The van der Waals surface area contributed by atoms with Crippen molar-refractivity contribution < 1.29 is 14.2 Å². The van der Waals surface area contributed by atoms with Gasteiger partial charge < -0.3 is 19.5 Å². The lowest BCUT2D eigenvalue weighted by atomic mass is 9.84. The van der Waals surface area contributed by atoms with E-state index in [2.05, 4.69) is 17.4 Å².